The van der Waals surface area contributed by atoms with E-state index in [9.17, 15) is 9.18 Å². The number of hydrogen-bond donors (Lipinski definition) is 2. The van der Waals surface area contributed by atoms with Crippen molar-refractivity contribution in [2.75, 3.05) is 11.9 Å². The topological polar surface area (TPSA) is 54.0 Å². The number of nitrogens with one attached hydrogen (secondary N) is 2. The maximum absolute atomic E-state index is 14.4. The van der Waals surface area contributed by atoms with E-state index in [2.05, 4.69) is 15.6 Å². The smallest absolute Gasteiger partial charge is 0.267 e. The number of benzene rings is 1. The van der Waals surface area contributed by atoms with Crippen molar-refractivity contribution in [3.8, 4) is 0 Å². The van der Waals surface area contributed by atoms with Crippen LogP contribution in [-0.4, -0.2) is 17.4 Å². The molecule has 0 fully saturated rings. The molecule has 0 saturated carbocycles. The van der Waals surface area contributed by atoms with Gasteiger partial charge in [0, 0.05) is 6.54 Å². The summed E-state index contributed by atoms with van der Waals surface area (Å²) in [6.07, 6.45) is 2.15. The van der Waals surface area contributed by atoms with E-state index in [4.69, 9.17) is 0 Å². The molecule has 3 rings (SSSR count). The second kappa shape index (κ2) is 6.51. The standard InChI is InChI=1S/C14H14FN3OS.ClH/c1-8-17-7-12(20-8)14(19)18-11-3-2-9-6-16-5-4-10(9)13(11)15;/h2-3,7,16H,4-6H2,1H3,(H,18,19);1H. The predicted octanol–water partition coefficient (Wildman–Crippen LogP) is 2.91. The molecular formula is C14H15ClFN3OS. The van der Waals surface area contributed by atoms with Crippen LogP contribution in [0.25, 0.3) is 0 Å². The fraction of sp³-hybridized carbons (Fsp3) is 0.286. The van der Waals surface area contributed by atoms with Crippen molar-refractivity contribution in [3.05, 3.63) is 45.2 Å². The van der Waals surface area contributed by atoms with Gasteiger partial charge in [0.2, 0.25) is 0 Å². The van der Waals surface area contributed by atoms with Crippen LogP contribution in [0.15, 0.2) is 18.3 Å². The average Bonchev–Trinajstić information content (AvgIpc) is 2.89. The van der Waals surface area contributed by atoms with Gasteiger partial charge in [-0.25, -0.2) is 9.37 Å². The molecule has 0 atom stereocenters. The van der Waals surface area contributed by atoms with E-state index in [1.807, 2.05) is 13.0 Å². The molecule has 1 aromatic carbocycles. The molecular weight excluding hydrogens is 313 g/mol. The Labute approximate surface area is 132 Å². The zero-order valence-electron chi connectivity index (χ0n) is 11.4. The second-order valence-electron chi connectivity index (χ2n) is 4.69. The highest BCUT2D eigenvalue weighted by Gasteiger charge is 2.18. The zero-order valence-corrected chi connectivity index (χ0v) is 13.0. The number of rotatable bonds is 2. The zero-order chi connectivity index (χ0) is 14.1. The molecule has 0 radical (unpaired) electrons. The second-order valence-corrected chi connectivity index (χ2v) is 5.92. The van der Waals surface area contributed by atoms with Crippen LogP contribution in [0.5, 0.6) is 0 Å². The number of halogens is 2. The van der Waals surface area contributed by atoms with Crippen LogP contribution in [0.2, 0.25) is 0 Å². The lowest BCUT2D eigenvalue weighted by Gasteiger charge is -2.19. The summed E-state index contributed by atoms with van der Waals surface area (Å²) in [7, 11) is 0. The number of carbonyl (C=O) groups is 1. The Morgan fingerprint density at radius 3 is 3.00 bits per heavy atom. The number of fused-ring (bicyclic) bond motifs is 1. The minimum absolute atomic E-state index is 0. The molecule has 0 spiro atoms. The predicted molar refractivity (Wildman–Crippen MR) is 83.9 cm³/mol. The highest BCUT2D eigenvalue weighted by Crippen LogP contribution is 2.25. The molecule has 1 aromatic heterocycles. The molecule has 7 heteroatoms. The summed E-state index contributed by atoms with van der Waals surface area (Å²) in [4.78, 5) is 16.5. The highest BCUT2D eigenvalue weighted by molar-refractivity contribution is 7.13. The number of amides is 1. The van der Waals surface area contributed by atoms with E-state index >= 15 is 0 Å². The Morgan fingerprint density at radius 1 is 1.48 bits per heavy atom. The first-order valence-corrected chi connectivity index (χ1v) is 7.21. The van der Waals surface area contributed by atoms with E-state index in [0.717, 1.165) is 17.1 Å². The van der Waals surface area contributed by atoms with Gasteiger partial charge in [0.25, 0.3) is 5.91 Å². The molecule has 0 aliphatic carbocycles. The van der Waals surface area contributed by atoms with Gasteiger partial charge in [-0.2, -0.15) is 0 Å². The van der Waals surface area contributed by atoms with Crippen LogP contribution >= 0.6 is 23.7 Å². The van der Waals surface area contributed by atoms with Gasteiger partial charge < -0.3 is 10.6 Å². The van der Waals surface area contributed by atoms with Crippen LogP contribution in [0.4, 0.5) is 10.1 Å². The number of aromatic nitrogens is 1. The number of anilines is 1. The van der Waals surface area contributed by atoms with E-state index < -0.39 is 0 Å². The van der Waals surface area contributed by atoms with Crippen molar-refractivity contribution in [1.29, 1.82) is 0 Å². The van der Waals surface area contributed by atoms with E-state index in [1.54, 1.807) is 6.07 Å². The summed E-state index contributed by atoms with van der Waals surface area (Å²) in [5.41, 5.74) is 1.89. The summed E-state index contributed by atoms with van der Waals surface area (Å²) in [6, 6.07) is 3.48. The van der Waals surface area contributed by atoms with Crippen LogP contribution < -0.4 is 10.6 Å². The molecule has 2 aromatic rings. The first-order chi connectivity index (χ1) is 9.65. The Hall–Kier alpha value is -1.50. The van der Waals surface area contributed by atoms with Gasteiger partial charge in [0.05, 0.1) is 16.9 Å². The van der Waals surface area contributed by atoms with Crippen molar-refractivity contribution in [2.45, 2.75) is 19.9 Å². The molecule has 1 aliphatic rings. The fourth-order valence-electron chi connectivity index (χ4n) is 2.28. The molecule has 2 heterocycles. The lowest BCUT2D eigenvalue weighted by Crippen LogP contribution is -2.25. The summed E-state index contributed by atoms with van der Waals surface area (Å²) < 4.78 is 14.4. The molecule has 0 bridgehead atoms. The number of nitrogens with zero attached hydrogens (tertiary/aromatic N) is 1. The van der Waals surface area contributed by atoms with Crippen molar-refractivity contribution in [3.63, 3.8) is 0 Å². The summed E-state index contributed by atoms with van der Waals surface area (Å²) in [6.45, 7) is 3.26. The first-order valence-electron chi connectivity index (χ1n) is 6.40. The van der Waals surface area contributed by atoms with Gasteiger partial charge in [0.1, 0.15) is 10.7 Å². The monoisotopic (exact) mass is 327 g/mol. The van der Waals surface area contributed by atoms with Crippen LogP contribution in [0.3, 0.4) is 0 Å². The van der Waals surface area contributed by atoms with Crippen molar-refractivity contribution >= 4 is 35.3 Å². The van der Waals surface area contributed by atoms with Gasteiger partial charge in [-0.15, -0.1) is 23.7 Å². The van der Waals surface area contributed by atoms with E-state index in [1.165, 1.54) is 17.5 Å². The Balaban J connectivity index is 0.00000161. The summed E-state index contributed by atoms with van der Waals surface area (Å²) in [5, 5.41) is 6.63. The largest absolute Gasteiger partial charge is 0.319 e. The van der Waals surface area contributed by atoms with Gasteiger partial charge in [-0.3, -0.25) is 4.79 Å². The third-order valence-electron chi connectivity index (χ3n) is 3.30. The van der Waals surface area contributed by atoms with Gasteiger partial charge in [0.15, 0.2) is 0 Å². The van der Waals surface area contributed by atoms with E-state index in [0.29, 0.717) is 23.4 Å². The average molecular weight is 328 g/mol. The van der Waals surface area contributed by atoms with Gasteiger partial charge >= 0.3 is 0 Å². The number of aryl methyl sites for hydroxylation is 1. The van der Waals surface area contributed by atoms with Gasteiger partial charge in [-0.1, -0.05) is 6.07 Å². The fourth-order valence-corrected chi connectivity index (χ4v) is 2.95. The van der Waals surface area contributed by atoms with Crippen LogP contribution in [0.1, 0.15) is 25.8 Å². The quantitative estimate of drug-likeness (QED) is 0.891. The molecule has 21 heavy (non-hydrogen) atoms. The van der Waals surface area contributed by atoms with Crippen molar-refractivity contribution in [2.24, 2.45) is 0 Å². The number of carbonyl (C=O) groups excluding carboxylic acids is 1. The first kappa shape index (κ1) is 15.9. The third-order valence-corrected chi connectivity index (χ3v) is 4.21. The lowest BCUT2D eigenvalue weighted by atomic mass is 9.99. The lowest BCUT2D eigenvalue weighted by molar-refractivity contribution is 0.103. The minimum atomic E-state index is -0.321. The number of thiazole rings is 1. The summed E-state index contributed by atoms with van der Waals surface area (Å²) >= 11 is 1.29. The normalized spacial score (nSPS) is 13.2. The maximum Gasteiger partial charge on any atom is 0.267 e. The Morgan fingerprint density at radius 2 is 2.29 bits per heavy atom. The molecule has 1 aliphatic heterocycles. The Kier molecular flexibility index (Phi) is 4.92. The van der Waals surface area contributed by atoms with Gasteiger partial charge in [-0.05, 0) is 37.1 Å². The molecule has 0 unspecified atom stereocenters. The molecule has 4 nitrogen and oxygen atoms in total. The molecule has 0 saturated heterocycles. The molecule has 2 N–H and O–H groups in total. The van der Waals surface area contributed by atoms with Crippen LogP contribution in [0, 0.1) is 12.7 Å². The summed E-state index contributed by atoms with van der Waals surface area (Å²) in [5.74, 6) is -0.637. The molecule has 1 amide bonds. The maximum atomic E-state index is 14.4. The third kappa shape index (κ3) is 3.23. The number of hydrogen-bond acceptors (Lipinski definition) is 4. The van der Waals surface area contributed by atoms with E-state index in [-0.39, 0.29) is 29.8 Å². The van der Waals surface area contributed by atoms with Crippen LogP contribution in [-0.2, 0) is 13.0 Å². The molecule has 112 valence electrons. The van der Waals surface area contributed by atoms with Crippen molar-refractivity contribution in [1.82, 2.24) is 10.3 Å². The Bertz CT molecular complexity index is 674. The van der Waals surface area contributed by atoms with Crippen molar-refractivity contribution < 1.29 is 9.18 Å². The SMILES string of the molecule is Cc1ncc(C(=O)Nc2ccc3c(c2F)CCNC3)s1.Cl. The minimum Gasteiger partial charge on any atom is -0.319 e. The highest BCUT2D eigenvalue weighted by atomic mass is 35.5.